The van der Waals surface area contributed by atoms with E-state index in [0.29, 0.717) is 80.8 Å². The van der Waals surface area contributed by atoms with Gasteiger partial charge < -0.3 is 25.0 Å². The molecule has 1 unspecified atom stereocenters. The van der Waals surface area contributed by atoms with Gasteiger partial charge in [-0.2, -0.15) is 13.2 Å². The minimum Gasteiger partial charge on any atom is -0.490 e. The quantitative estimate of drug-likeness (QED) is 0.223. The number of nitrogens with zero attached hydrogens (tertiary/aromatic N) is 6. The molecule has 2 aliphatic heterocycles. The maximum absolute atomic E-state index is 14.8. The molecule has 298 valence electrons. The smallest absolute Gasteiger partial charge is 0.434 e. The van der Waals surface area contributed by atoms with Crippen LogP contribution in [0.15, 0.2) is 42.9 Å². The van der Waals surface area contributed by atoms with Crippen LogP contribution in [0, 0.1) is 29.6 Å². The molecule has 4 bridgehead atoms. The fraction of sp³-hybridized carbons (Fsp3) is 0.600. The Balaban J connectivity index is 0.992. The lowest BCUT2D eigenvalue weighted by atomic mass is 9.48. The zero-order chi connectivity index (χ0) is 39.0. The fourth-order valence-corrected chi connectivity index (χ4v) is 11.1. The van der Waals surface area contributed by atoms with E-state index < -0.39 is 40.8 Å². The number of rotatable bonds is 8. The number of benzene rings is 1. The van der Waals surface area contributed by atoms with Gasteiger partial charge in [0.2, 0.25) is 17.8 Å². The maximum Gasteiger partial charge on any atom is 0.434 e. The predicted molar refractivity (Wildman–Crippen MR) is 193 cm³/mol. The summed E-state index contributed by atoms with van der Waals surface area (Å²) in [6.45, 7) is 1.54. The Morgan fingerprint density at radius 1 is 0.893 bits per heavy atom. The van der Waals surface area contributed by atoms with Gasteiger partial charge in [-0.05, 0) is 104 Å². The normalized spacial score (nSPS) is 30.0. The number of alkyl halides is 5. The summed E-state index contributed by atoms with van der Waals surface area (Å²) in [5.74, 6) is -4.67. The predicted octanol–water partition coefficient (Wildman–Crippen LogP) is 7.40. The molecular formula is C40H44F5N7O4. The van der Waals surface area contributed by atoms with Gasteiger partial charge in [0.05, 0.1) is 5.56 Å². The van der Waals surface area contributed by atoms with E-state index in [1.54, 1.807) is 35.5 Å². The molecule has 2 N–H and O–H groups in total. The monoisotopic (exact) mass is 781 g/mol. The highest BCUT2D eigenvalue weighted by Gasteiger charge is 2.62. The number of ether oxygens (including phenoxy) is 1. The van der Waals surface area contributed by atoms with Gasteiger partial charge in [-0.3, -0.25) is 4.79 Å². The molecule has 6 fully saturated rings. The lowest BCUT2D eigenvalue weighted by molar-refractivity contribution is -0.163. The topological polar surface area (TPSA) is 134 Å². The zero-order valence-corrected chi connectivity index (χ0v) is 30.7. The SMILES string of the molecule is O=C(NC1(C(=O)O)C2CC3CC(C2)CC1C3)c1cnc(N2CC(C3CCC(F)(F)CC3)c3cc(OC4CCN(c5ncccn5)CC4)ccc32)nc1C(F)(F)F. The number of aromatic nitrogens is 4. The highest BCUT2D eigenvalue weighted by molar-refractivity contribution is 5.99. The van der Waals surface area contributed by atoms with Gasteiger partial charge in [0.15, 0.2) is 5.69 Å². The highest BCUT2D eigenvalue weighted by atomic mass is 19.4. The molecule has 1 amide bonds. The van der Waals surface area contributed by atoms with Crippen molar-refractivity contribution in [2.45, 2.75) is 100 Å². The molecule has 11 nitrogen and oxygen atoms in total. The molecule has 5 saturated carbocycles. The van der Waals surface area contributed by atoms with Gasteiger partial charge in [-0.1, -0.05) is 0 Å². The lowest BCUT2D eigenvalue weighted by Gasteiger charge is -2.59. The fourth-order valence-electron chi connectivity index (χ4n) is 11.1. The Morgan fingerprint density at radius 2 is 1.55 bits per heavy atom. The van der Waals surface area contributed by atoms with Crippen LogP contribution in [-0.2, 0) is 11.0 Å². The van der Waals surface area contributed by atoms with Crippen molar-refractivity contribution >= 4 is 29.5 Å². The molecule has 7 aliphatic rings. The molecule has 4 heterocycles. The molecule has 16 heteroatoms. The van der Waals surface area contributed by atoms with E-state index in [-0.39, 0.29) is 68.0 Å². The summed E-state index contributed by atoms with van der Waals surface area (Å²) >= 11 is 0. The molecule has 0 spiro atoms. The lowest BCUT2D eigenvalue weighted by Crippen LogP contribution is -2.70. The largest absolute Gasteiger partial charge is 0.490 e. The summed E-state index contributed by atoms with van der Waals surface area (Å²) in [7, 11) is 0. The van der Waals surface area contributed by atoms with Crippen molar-refractivity contribution in [3.63, 3.8) is 0 Å². The molecule has 2 aromatic heterocycles. The first-order valence-corrected chi connectivity index (χ1v) is 19.8. The van der Waals surface area contributed by atoms with Crippen LogP contribution < -0.4 is 19.9 Å². The molecule has 1 atom stereocenters. The zero-order valence-electron chi connectivity index (χ0n) is 30.7. The van der Waals surface area contributed by atoms with Gasteiger partial charge in [-0.25, -0.2) is 33.5 Å². The standard InChI is InChI=1S/C40H44F5N7O4/c41-38(42)8-4-24(5-9-38)31-21-52(32-3-2-28(19-29(31)32)56-27-6-12-51(13-7-27)36-46-10-1-11-47-36)37-48-20-30(33(49-37)40(43,44)45)34(53)50-39(35(54)55)25-15-22-14-23(17-25)18-26(39)16-22/h1-3,10-11,19-20,22-27,31H,4-9,12-18,21H2,(H,50,53)(H,54,55). The van der Waals surface area contributed by atoms with Gasteiger partial charge in [-0.15, -0.1) is 0 Å². The number of carboxylic acids is 1. The molecule has 1 aromatic carbocycles. The third-order valence-electron chi connectivity index (χ3n) is 13.6. The first-order valence-electron chi connectivity index (χ1n) is 19.8. The highest BCUT2D eigenvalue weighted by Crippen LogP contribution is 2.58. The summed E-state index contributed by atoms with van der Waals surface area (Å²) in [5, 5.41) is 13.1. The second-order valence-corrected chi connectivity index (χ2v) is 16.8. The minimum absolute atomic E-state index is 0.104. The second kappa shape index (κ2) is 13.8. The summed E-state index contributed by atoms with van der Waals surface area (Å²) < 4.78 is 79.5. The number of aliphatic carboxylic acids is 1. The summed E-state index contributed by atoms with van der Waals surface area (Å²) in [6, 6.07) is 7.12. The van der Waals surface area contributed by atoms with Crippen molar-refractivity contribution in [1.29, 1.82) is 0 Å². The first-order chi connectivity index (χ1) is 26.8. The van der Waals surface area contributed by atoms with E-state index in [9.17, 15) is 36.6 Å². The number of carbonyl (C=O) groups is 2. The Morgan fingerprint density at radius 3 is 2.18 bits per heavy atom. The number of hydrogen-bond donors (Lipinski definition) is 2. The van der Waals surface area contributed by atoms with E-state index in [1.807, 2.05) is 6.07 Å². The maximum atomic E-state index is 14.8. The molecule has 3 aromatic rings. The molecular weight excluding hydrogens is 737 g/mol. The second-order valence-electron chi connectivity index (χ2n) is 16.8. The van der Waals surface area contributed by atoms with Crippen LogP contribution in [0.1, 0.15) is 98.2 Å². The number of hydrogen-bond acceptors (Lipinski definition) is 9. The average molecular weight is 782 g/mol. The van der Waals surface area contributed by atoms with E-state index in [1.165, 1.54) is 0 Å². The third kappa shape index (κ3) is 6.59. The Labute approximate surface area is 320 Å². The van der Waals surface area contributed by atoms with Crippen LogP contribution in [-0.4, -0.2) is 74.1 Å². The number of amides is 1. The molecule has 56 heavy (non-hydrogen) atoms. The number of fused-ring (bicyclic) bond motifs is 1. The van der Waals surface area contributed by atoms with Crippen molar-refractivity contribution in [3.8, 4) is 5.75 Å². The van der Waals surface area contributed by atoms with E-state index in [2.05, 4.69) is 30.2 Å². The van der Waals surface area contributed by atoms with Gasteiger partial charge in [0.1, 0.15) is 17.4 Å². The summed E-state index contributed by atoms with van der Waals surface area (Å²) in [5.41, 5.74) is -2.65. The van der Waals surface area contributed by atoms with Crippen LogP contribution in [0.2, 0.25) is 0 Å². The summed E-state index contributed by atoms with van der Waals surface area (Å²) in [4.78, 5) is 47.2. The Hall–Kier alpha value is -4.63. The van der Waals surface area contributed by atoms with Crippen LogP contribution in [0.3, 0.4) is 0 Å². The van der Waals surface area contributed by atoms with Gasteiger partial charge in [0, 0.05) is 75.5 Å². The minimum atomic E-state index is -5.07. The van der Waals surface area contributed by atoms with Crippen LogP contribution in [0.5, 0.6) is 5.75 Å². The number of nitrogens with one attached hydrogen (secondary N) is 1. The van der Waals surface area contributed by atoms with Crippen molar-refractivity contribution in [3.05, 3.63) is 59.7 Å². The van der Waals surface area contributed by atoms with E-state index in [0.717, 1.165) is 18.2 Å². The summed E-state index contributed by atoms with van der Waals surface area (Å²) in [6.07, 6.45) is 3.93. The number of carbonyl (C=O) groups excluding carboxylic acids is 1. The molecule has 10 rings (SSSR count). The van der Waals surface area contributed by atoms with E-state index in [4.69, 9.17) is 4.74 Å². The Bertz CT molecular complexity index is 1950. The van der Waals surface area contributed by atoms with E-state index >= 15 is 0 Å². The average Bonchev–Trinajstić information content (AvgIpc) is 3.54. The first kappa shape index (κ1) is 37.0. The number of anilines is 3. The number of halogens is 5. The van der Waals surface area contributed by atoms with Crippen LogP contribution in [0.25, 0.3) is 0 Å². The number of piperidine rings is 1. The third-order valence-corrected chi connectivity index (χ3v) is 13.6. The van der Waals surface area contributed by atoms with Crippen LogP contribution in [0.4, 0.5) is 39.5 Å². The van der Waals surface area contributed by atoms with Crippen LogP contribution >= 0.6 is 0 Å². The van der Waals surface area contributed by atoms with Gasteiger partial charge >= 0.3 is 12.1 Å². The molecule has 0 radical (unpaired) electrons. The Kier molecular flexibility index (Phi) is 9.10. The van der Waals surface area contributed by atoms with Gasteiger partial charge in [0.25, 0.3) is 5.91 Å². The van der Waals surface area contributed by atoms with Crippen molar-refractivity contribution in [2.75, 3.05) is 29.4 Å². The number of carboxylic acid groups (broad SMARTS) is 1. The molecule has 5 aliphatic carbocycles. The van der Waals surface area contributed by atoms with Crippen molar-refractivity contribution in [2.24, 2.45) is 29.6 Å². The van der Waals surface area contributed by atoms with Crippen molar-refractivity contribution < 1.29 is 41.4 Å². The molecule has 1 saturated heterocycles. The van der Waals surface area contributed by atoms with Crippen molar-refractivity contribution in [1.82, 2.24) is 25.3 Å².